The van der Waals surface area contributed by atoms with Gasteiger partial charge in [-0.15, -0.1) is 0 Å². The van der Waals surface area contributed by atoms with E-state index in [1.54, 1.807) is 0 Å². The highest BCUT2D eigenvalue weighted by Gasteiger charge is 2.32. The highest BCUT2D eigenvalue weighted by Crippen LogP contribution is 2.30. The number of carbonyl (C=O) groups is 1. The van der Waals surface area contributed by atoms with Gasteiger partial charge in [0.2, 0.25) is 0 Å². The summed E-state index contributed by atoms with van der Waals surface area (Å²) in [4.78, 5) is 11.3. The number of ether oxygens (including phenoxy) is 1. The summed E-state index contributed by atoms with van der Waals surface area (Å²) in [6.07, 6.45) is 9.49. The van der Waals surface area contributed by atoms with E-state index < -0.39 is 0 Å². The molecule has 1 aliphatic heterocycles. The van der Waals surface area contributed by atoms with E-state index in [0.29, 0.717) is 12.3 Å². The van der Waals surface area contributed by atoms with Crippen LogP contribution in [0.15, 0.2) is 23.3 Å². The molecule has 2 nitrogen and oxygen atoms in total. The lowest BCUT2D eigenvalue weighted by Crippen LogP contribution is -2.14. The third-order valence-corrected chi connectivity index (χ3v) is 3.55. The molecule has 2 aliphatic rings. The Morgan fingerprint density at radius 1 is 1.25 bits per heavy atom. The van der Waals surface area contributed by atoms with Crippen LogP contribution in [-0.2, 0) is 9.53 Å². The minimum atomic E-state index is -0.0278. The molecule has 16 heavy (non-hydrogen) atoms. The number of fused-ring (bicyclic) bond motifs is 1. The molecule has 1 fully saturated rings. The summed E-state index contributed by atoms with van der Waals surface area (Å²) in [6.45, 7) is 4.32. The van der Waals surface area contributed by atoms with E-state index in [1.807, 2.05) is 0 Å². The first-order valence-electron chi connectivity index (χ1n) is 6.17. The van der Waals surface area contributed by atoms with Crippen LogP contribution in [0.1, 0.15) is 46.0 Å². The molecule has 0 saturated carbocycles. The molecule has 0 spiro atoms. The Morgan fingerprint density at radius 3 is 2.88 bits per heavy atom. The highest BCUT2D eigenvalue weighted by molar-refractivity contribution is 5.72. The van der Waals surface area contributed by atoms with Crippen LogP contribution in [0.3, 0.4) is 0 Å². The van der Waals surface area contributed by atoms with Crippen molar-refractivity contribution in [3.8, 4) is 0 Å². The Labute approximate surface area is 97.4 Å². The van der Waals surface area contributed by atoms with Gasteiger partial charge in [-0.1, -0.05) is 17.2 Å². The molecule has 2 heteroatoms. The Bertz CT molecular complexity index is 339. The van der Waals surface area contributed by atoms with Crippen LogP contribution in [0.4, 0.5) is 0 Å². The quantitative estimate of drug-likeness (QED) is 0.462. The van der Waals surface area contributed by atoms with Gasteiger partial charge in [0.15, 0.2) is 0 Å². The predicted octanol–water partition coefficient (Wildman–Crippen LogP) is 3.38. The fraction of sp³-hybridized carbons (Fsp3) is 0.643. The number of hydrogen-bond donors (Lipinski definition) is 0. The number of esters is 1. The molecule has 2 atom stereocenters. The van der Waals surface area contributed by atoms with Crippen molar-refractivity contribution in [3.05, 3.63) is 23.3 Å². The predicted molar refractivity (Wildman–Crippen MR) is 64.0 cm³/mol. The van der Waals surface area contributed by atoms with Crippen LogP contribution in [0, 0.1) is 5.92 Å². The molecular weight excluding hydrogens is 200 g/mol. The van der Waals surface area contributed by atoms with Gasteiger partial charge in [-0.05, 0) is 45.6 Å². The van der Waals surface area contributed by atoms with Crippen molar-refractivity contribution in [1.82, 2.24) is 0 Å². The van der Waals surface area contributed by atoms with Crippen LogP contribution < -0.4 is 0 Å². The first-order valence-corrected chi connectivity index (χ1v) is 6.17. The molecular formula is C14H20O2. The maximum atomic E-state index is 11.3. The van der Waals surface area contributed by atoms with Crippen molar-refractivity contribution in [2.24, 2.45) is 5.92 Å². The Morgan fingerprint density at radius 2 is 2.06 bits per heavy atom. The molecule has 0 aromatic rings. The van der Waals surface area contributed by atoms with Gasteiger partial charge >= 0.3 is 5.97 Å². The molecule has 0 unspecified atom stereocenters. The van der Waals surface area contributed by atoms with Gasteiger partial charge in [-0.2, -0.15) is 0 Å². The number of carbonyl (C=O) groups excluding carboxylic acids is 1. The van der Waals surface area contributed by atoms with E-state index >= 15 is 0 Å². The second-order valence-electron chi connectivity index (χ2n) is 5.06. The minimum Gasteiger partial charge on any atom is -0.458 e. The fourth-order valence-electron chi connectivity index (χ4n) is 2.49. The van der Waals surface area contributed by atoms with E-state index in [-0.39, 0.29) is 12.1 Å². The summed E-state index contributed by atoms with van der Waals surface area (Å²) >= 11 is 0. The molecule has 0 aromatic carbocycles. The third kappa shape index (κ3) is 2.75. The summed E-state index contributed by atoms with van der Waals surface area (Å²) < 4.78 is 5.37. The Balaban J connectivity index is 2.14. The second-order valence-corrected chi connectivity index (χ2v) is 5.06. The summed E-state index contributed by atoms with van der Waals surface area (Å²) in [5.74, 6) is 0.365. The summed E-state index contributed by atoms with van der Waals surface area (Å²) in [7, 11) is 0. The monoisotopic (exact) mass is 220 g/mol. The van der Waals surface area contributed by atoms with E-state index in [0.717, 1.165) is 25.7 Å². The molecule has 0 bridgehead atoms. The van der Waals surface area contributed by atoms with E-state index in [9.17, 15) is 4.79 Å². The second kappa shape index (κ2) is 4.86. The van der Waals surface area contributed by atoms with E-state index in [1.165, 1.54) is 11.1 Å². The largest absolute Gasteiger partial charge is 0.458 e. The average Bonchev–Trinajstić information content (AvgIpc) is 2.55. The third-order valence-electron chi connectivity index (χ3n) is 3.55. The molecule has 0 aromatic heterocycles. The lowest BCUT2D eigenvalue weighted by molar-refractivity contribution is -0.140. The first-order chi connectivity index (χ1) is 7.65. The van der Waals surface area contributed by atoms with Crippen LogP contribution in [0.5, 0.6) is 0 Å². The lowest BCUT2D eigenvalue weighted by Gasteiger charge is -2.16. The van der Waals surface area contributed by atoms with Crippen molar-refractivity contribution in [2.75, 3.05) is 0 Å². The molecule has 0 N–H and O–H groups in total. The zero-order chi connectivity index (χ0) is 11.5. The van der Waals surface area contributed by atoms with E-state index in [2.05, 4.69) is 26.0 Å². The number of rotatable bonds is 0. The van der Waals surface area contributed by atoms with Gasteiger partial charge in [0.1, 0.15) is 6.10 Å². The van der Waals surface area contributed by atoms with Crippen LogP contribution in [0.25, 0.3) is 0 Å². The van der Waals surface area contributed by atoms with Crippen molar-refractivity contribution in [2.45, 2.75) is 52.1 Å². The topological polar surface area (TPSA) is 26.3 Å². The number of allylic oxidation sites excluding steroid dienone is 3. The SMILES string of the molecule is C/C1=C/[C@H]2OC(=O)C[C@@H]2CC/C(C)=C\CC1. The Kier molecular flexibility index (Phi) is 3.47. The normalized spacial score (nSPS) is 37.8. The van der Waals surface area contributed by atoms with Crippen molar-refractivity contribution in [3.63, 3.8) is 0 Å². The van der Waals surface area contributed by atoms with Gasteiger partial charge in [0.05, 0.1) is 6.42 Å². The molecule has 0 radical (unpaired) electrons. The Hall–Kier alpha value is -1.05. The maximum absolute atomic E-state index is 11.3. The van der Waals surface area contributed by atoms with Gasteiger partial charge in [-0.25, -0.2) is 0 Å². The average molecular weight is 220 g/mol. The first kappa shape index (κ1) is 11.4. The molecule has 1 aliphatic carbocycles. The van der Waals surface area contributed by atoms with Crippen LogP contribution in [-0.4, -0.2) is 12.1 Å². The van der Waals surface area contributed by atoms with Crippen LogP contribution >= 0.6 is 0 Å². The zero-order valence-corrected chi connectivity index (χ0v) is 10.2. The van der Waals surface area contributed by atoms with Gasteiger partial charge in [0.25, 0.3) is 0 Å². The van der Waals surface area contributed by atoms with Gasteiger partial charge in [-0.3, -0.25) is 4.79 Å². The summed E-state index contributed by atoms with van der Waals surface area (Å²) in [6, 6.07) is 0. The fourth-order valence-corrected chi connectivity index (χ4v) is 2.49. The maximum Gasteiger partial charge on any atom is 0.306 e. The minimum absolute atomic E-state index is 0.0278. The lowest BCUT2D eigenvalue weighted by atomic mass is 9.90. The smallest absolute Gasteiger partial charge is 0.306 e. The van der Waals surface area contributed by atoms with Crippen molar-refractivity contribution < 1.29 is 9.53 Å². The molecule has 1 heterocycles. The molecule has 88 valence electrons. The van der Waals surface area contributed by atoms with Crippen molar-refractivity contribution >= 4 is 5.97 Å². The van der Waals surface area contributed by atoms with Crippen LogP contribution in [0.2, 0.25) is 0 Å². The van der Waals surface area contributed by atoms with Crippen molar-refractivity contribution in [1.29, 1.82) is 0 Å². The molecule has 2 rings (SSSR count). The summed E-state index contributed by atoms with van der Waals surface area (Å²) in [5, 5.41) is 0. The highest BCUT2D eigenvalue weighted by atomic mass is 16.5. The standard InChI is InChI=1S/C14H20O2/c1-10-4-3-5-11(2)8-13-12(7-6-10)9-14(15)16-13/h4,8,12-13H,3,5-7,9H2,1-2H3/b10-4-,11-8-/t12-,13+/m0/s1. The van der Waals surface area contributed by atoms with E-state index in [4.69, 9.17) is 4.74 Å². The molecule has 0 amide bonds. The van der Waals surface area contributed by atoms with Gasteiger partial charge in [0, 0.05) is 5.92 Å². The number of hydrogen-bond acceptors (Lipinski definition) is 2. The summed E-state index contributed by atoms with van der Waals surface area (Å²) in [5.41, 5.74) is 2.79. The molecule has 1 saturated heterocycles. The zero-order valence-electron chi connectivity index (χ0n) is 10.2. The van der Waals surface area contributed by atoms with Gasteiger partial charge < -0.3 is 4.74 Å².